The Balaban J connectivity index is 2.69. The summed E-state index contributed by atoms with van der Waals surface area (Å²) in [5.74, 6) is -0.312. The van der Waals surface area contributed by atoms with Crippen LogP contribution in [-0.4, -0.2) is 12.8 Å². The third kappa shape index (κ3) is 4.35. The molecule has 0 bridgehead atoms. The number of hydrogen-bond acceptors (Lipinski definition) is 2. The van der Waals surface area contributed by atoms with E-state index in [1.54, 1.807) is 6.07 Å². The molecule has 0 aliphatic carbocycles. The molecule has 0 aliphatic rings. The smallest absolute Gasteiger partial charge is 0.406 e. The van der Waals surface area contributed by atoms with Crippen LogP contribution in [0.25, 0.3) is 0 Å². The van der Waals surface area contributed by atoms with Gasteiger partial charge in [-0.3, -0.25) is 4.79 Å². The first-order chi connectivity index (χ1) is 7.01. The Labute approximate surface area is 83.8 Å². The quantitative estimate of drug-likeness (QED) is 0.782. The van der Waals surface area contributed by atoms with E-state index in [1.165, 1.54) is 24.6 Å². The molecule has 0 saturated carbocycles. The lowest BCUT2D eigenvalue weighted by Crippen LogP contribution is -2.17. The van der Waals surface area contributed by atoms with Gasteiger partial charge in [0.1, 0.15) is 5.75 Å². The van der Waals surface area contributed by atoms with Gasteiger partial charge in [-0.2, -0.15) is 0 Å². The van der Waals surface area contributed by atoms with Crippen LogP contribution in [0.15, 0.2) is 24.3 Å². The van der Waals surface area contributed by atoms with Crippen molar-refractivity contribution in [1.29, 1.82) is 0 Å². The Kier molecular flexibility index (Phi) is 3.54. The minimum absolute atomic E-state index is 0.110. The van der Waals surface area contributed by atoms with E-state index >= 15 is 0 Å². The average molecular weight is 218 g/mol. The minimum Gasteiger partial charge on any atom is -0.406 e. The van der Waals surface area contributed by atoms with Crippen LogP contribution in [0.2, 0.25) is 0 Å². The Morgan fingerprint density at radius 1 is 1.40 bits per heavy atom. The summed E-state index contributed by atoms with van der Waals surface area (Å²) < 4.78 is 39.2. The maximum Gasteiger partial charge on any atom is 0.573 e. The van der Waals surface area contributed by atoms with Crippen LogP contribution < -0.4 is 10.1 Å². The van der Waals surface area contributed by atoms with Gasteiger partial charge in [0.15, 0.2) is 0 Å². The van der Waals surface area contributed by atoms with E-state index in [0.29, 0.717) is 5.56 Å². The topological polar surface area (TPSA) is 38.3 Å². The highest BCUT2D eigenvalue weighted by molar-refractivity contribution is 5.47. The molecule has 81 valence electrons. The Morgan fingerprint density at radius 3 is 2.73 bits per heavy atom. The Morgan fingerprint density at radius 2 is 2.13 bits per heavy atom. The highest BCUT2D eigenvalue weighted by atomic mass is 19.4. The molecule has 1 aromatic carbocycles. The molecule has 0 saturated heterocycles. The SMILES string of the molecule is O=[C]NCc1cccc(OC(F)(F)F)c1. The van der Waals surface area contributed by atoms with Crippen molar-refractivity contribution in [2.24, 2.45) is 0 Å². The summed E-state index contributed by atoms with van der Waals surface area (Å²) in [5, 5.41) is 2.21. The number of rotatable bonds is 4. The first-order valence-corrected chi connectivity index (χ1v) is 3.96. The van der Waals surface area contributed by atoms with Crippen molar-refractivity contribution >= 4 is 6.41 Å². The second-order valence-corrected chi connectivity index (χ2v) is 2.65. The molecule has 6 heteroatoms. The van der Waals surface area contributed by atoms with E-state index in [2.05, 4.69) is 10.1 Å². The first kappa shape index (κ1) is 11.4. The van der Waals surface area contributed by atoms with Gasteiger partial charge in [0.05, 0.1) is 0 Å². The van der Waals surface area contributed by atoms with Crippen LogP contribution >= 0.6 is 0 Å². The van der Waals surface area contributed by atoms with E-state index in [-0.39, 0.29) is 12.3 Å². The predicted molar refractivity (Wildman–Crippen MR) is 45.7 cm³/mol. The van der Waals surface area contributed by atoms with Gasteiger partial charge in [0.25, 0.3) is 0 Å². The van der Waals surface area contributed by atoms with E-state index < -0.39 is 6.36 Å². The molecule has 1 N–H and O–H groups in total. The van der Waals surface area contributed by atoms with Crippen LogP contribution in [0, 0.1) is 0 Å². The number of amides is 1. The molecule has 0 atom stereocenters. The molecular formula is C9H7F3NO2. The third-order valence-electron chi connectivity index (χ3n) is 1.50. The predicted octanol–water partition coefficient (Wildman–Crippen LogP) is 1.74. The summed E-state index contributed by atoms with van der Waals surface area (Å²) in [7, 11) is 0. The van der Waals surface area contributed by atoms with E-state index in [0.717, 1.165) is 0 Å². The fourth-order valence-electron chi connectivity index (χ4n) is 0.991. The fourth-order valence-corrected chi connectivity index (χ4v) is 0.991. The molecule has 1 radical (unpaired) electrons. The van der Waals surface area contributed by atoms with Gasteiger partial charge in [-0.15, -0.1) is 13.2 Å². The Hall–Kier alpha value is -1.72. The lowest BCUT2D eigenvalue weighted by atomic mass is 10.2. The van der Waals surface area contributed by atoms with Gasteiger partial charge in [0, 0.05) is 6.54 Å². The zero-order valence-corrected chi connectivity index (χ0v) is 7.47. The van der Waals surface area contributed by atoms with Crippen LogP contribution in [-0.2, 0) is 11.3 Å². The lowest BCUT2D eigenvalue weighted by molar-refractivity contribution is -0.274. The van der Waals surface area contributed by atoms with E-state index in [4.69, 9.17) is 0 Å². The van der Waals surface area contributed by atoms with Crippen LogP contribution in [0.1, 0.15) is 5.56 Å². The standard InChI is InChI=1S/C9H7F3NO2/c10-9(11,12)15-8-3-1-2-7(4-8)5-13-6-14/h1-4H,5H2,(H,13,14). The van der Waals surface area contributed by atoms with Gasteiger partial charge in [-0.1, -0.05) is 12.1 Å². The number of nitrogens with one attached hydrogen (secondary N) is 1. The van der Waals surface area contributed by atoms with Crippen molar-refractivity contribution in [1.82, 2.24) is 5.32 Å². The molecular weight excluding hydrogens is 211 g/mol. The summed E-state index contributed by atoms with van der Waals surface area (Å²) in [4.78, 5) is 9.84. The first-order valence-electron chi connectivity index (χ1n) is 3.96. The molecule has 0 unspecified atom stereocenters. The number of halogens is 3. The van der Waals surface area contributed by atoms with Crippen molar-refractivity contribution < 1.29 is 22.7 Å². The second-order valence-electron chi connectivity index (χ2n) is 2.65. The summed E-state index contributed by atoms with van der Waals surface area (Å²) in [6, 6.07) is 5.34. The second kappa shape index (κ2) is 4.68. The zero-order valence-electron chi connectivity index (χ0n) is 7.47. The summed E-state index contributed by atoms with van der Waals surface area (Å²) in [6.45, 7) is 0.110. The molecule has 0 heterocycles. The highest BCUT2D eigenvalue weighted by Crippen LogP contribution is 2.23. The monoisotopic (exact) mass is 218 g/mol. The number of hydrogen-bond donors (Lipinski definition) is 1. The summed E-state index contributed by atoms with van der Waals surface area (Å²) in [5.41, 5.74) is 0.500. The maximum atomic E-state index is 11.8. The fraction of sp³-hybridized carbons (Fsp3) is 0.222. The average Bonchev–Trinajstić information content (AvgIpc) is 2.12. The van der Waals surface area contributed by atoms with Crippen molar-refractivity contribution in [3.63, 3.8) is 0 Å². The zero-order chi connectivity index (χ0) is 11.3. The lowest BCUT2D eigenvalue weighted by Gasteiger charge is -2.09. The molecule has 3 nitrogen and oxygen atoms in total. The molecule has 0 spiro atoms. The Bertz CT molecular complexity index is 338. The van der Waals surface area contributed by atoms with E-state index in [1.807, 2.05) is 0 Å². The number of ether oxygens (including phenoxy) is 1. The van der Waals surface area contributed by atoms with Gasteiger partial charge < -0.3 is 10.1 Å². The van der Waals surface area contributed by atoms with Gasteiger partial charge in [-0.05, 0) is 17.7 Å². The molecule has 15 heavy (non-hydrogen) atoms. The van der Waals surface area contributed by atoms with Crippen LogP contribution in [0.4, 0.5) is 13.2 Å². The third-order valence-corrected chi connectivity index (χ3v) is 1.50. The van der Waals surface area contributed by atoms with Crippen molar-refractivity contribution in [3.8, 4) is 5.75 Å². The summed E-state index contributed by atoms with van der Waals surface area (Å²) in [6.07, 6.45) is -3.28. The normalized spacial score (nSPS) is 10.9. The van der Waals surface area contributed by atoms with Crippen molar-refractivity contribution in [3.05, 3.63) is 29.8 Å². The molecule has 1 amide bonds. The van der Waals surface area contributed by atoms with Crippen molar-refractivity contribution in [2.75, 3.05) is 0 Å². The van der Waals surface area contributed by atoms with Crippen LogP contribution in [0.3, 0.4) is 0 Å². The largest absolute Gasteiger partial charge is 0.573 e. The number of benzene rings is 1. The summed E-state index contributed by atoms with van der Waals surface area (Å²) >= 11 is 0. The molecule has 0 aromatic heterocycles. The number of alkyl halides is 3. The van der Waals surface area contributed by atoms with Gasteiger partial charge in [0.2, 0.25) is 0 Å². The van der Waals surface area contributed by atoms with Crippen LogP contribution in [0.5, 0.6) is 5.75 Å². The van der Waals surface area contributed by atoms with Gasteiger partial charge >= 0.3 is 12.8 Å². The minimum atomic E-state index is -4.71. The van der Waals surface area contributed by atoms with E-state index in [9.17, 15) is 18.0 Å². The molecule has 0 aliphatic heterocycles. The number of carbonyl (C=O) groups excluding carboxylic acids is 1. The molecule has 1 aromatic rings. The molecule has 1 rings (SSSR count). The van der Waals surface area contributed by atoms with Crippen molar-refractivity contribution in [2.45, 2.75) is 12.9 Å². The van der Waals surface area contributed by atoms with Gasteiger partial charge in [-0.25, -0.2) is 0 Å². The maximum absolute atomic E-state index is 11.8. The highest BCUT2D eigenvalue weighted by Gasteiger charge is 2.30. The molecule has 0 fully saturated rings.